The molecule has 3 heteroatoms. The summed E-state index contributed by atoms with van der Waals surface area (Å²) in [6.07, 6.45) is 3.61. The van der Waals surface area contributed by atoms with Gasteiger partial charge in [0.05, 0.1) is 0 Å². The molecule has 1 aromatic rings. The van der Waals surface area contributed by atoms with Gasteiger partial charge in [-0.3, -0.25) is 4.79 Å². The predicted octanol–water partition coefficient (Wildman–Crippen LogP) is 4.03. The van der Waals surface area contributed by atoms with E-state index in [0.29, 0.717) is 6.04 Å². The summed E-state index contributed by atoms with van der Waals surface area (Å²) in [6, 6.07) is 6.61. The zero-order valence-electron chi connectivity index (χ0n) is 10.4. The first-order valence-corrected chi connectivity index (χ1v) is 7.00. The molecule has 1 heterocycles. The van der Waals surface area contributed by atoms with Crippen LogP contribution in [0.25, 0.3) is 0 Å². The minimum Gasteiger partial charge on any atom is -0.368 e. The Labute approximate surface area is 111 Å². The molecule has 0 aromatic heterocycles. The molecule has 1 atom stereocenters. The molecule has 1 fully saturated rings. The van der Waals surface area contributed by atoms with E-state index in [1.54, 1.807) is 6.92 Å². The number of carbonyl (C=O) groups excluding carboxylic acids is 1. The van der Waals surface area contributed by atoms with Crippen molar-refractivity contribution in [3.63, 3.8) is 0 Å². The van der Waals surface area contributed by atoms with Crippen LogP contribution in [0.5, 0.6) is 0 Å². The lowest BCUT2D eigenvalue weighted by Crippen LogP contribution is -2.29. The highest BCUT2D eigenvalue weighted by Gasteiger charge is 2.25. The standard InChI is InChI=1S/C14H18BrNO/c1-3-12-5-4-8-16(12)14-7-6-11(15)9-13(14)10(2)17/h6-7,9,12H,3-5,8H2,1-2H3. The van der Waals surface area contributed by atoms with Crippen LogP contribution in [0.2, 0.25) is 0 Å². The zero-order valence-corrected chi connectivity index (χ0v) is 12.0. The highest BCUT2D eigenvalue weighted by atomic mass is 79.9. The second-order valence-electron chi connectivity index (χ2n) is 4.62. The number of hydrogen-bond donors (Lipinski definition) is 0. The smallest absolute Gasteiger partial charge is 0.161 e. The molecule has 2 rings (SSSR count). The lowest BCUT2D eigenvalue weighted by atomic mass is 10.1. The fourth-order valence-electron chi connectivity index (χ4n) is 2.62. The molecule has 0 N–H and O–H groups in total. The number of hydrogen-bond acceptors (Lipinski definition) is 2. The van der Waals surface area contributed by atoms with Gasteiger partial charge in [-0.05, 0) is 44.4 Å². The van der Waals surface area contributed by atoms with Crippen molar-refractivity contribution in [2.75, 3.05) is 11.4 Å². The van der Waals surface area contributed by atoms with Crippen LogP contribution in [-0.2, 0) is 0 Å². The molecule has 0 aliphatic carbocycles. The number of ketones is 1. The van der Waals surface area contributed by atoms with Gasteiger partial charge in [-0.2, -0.15) is 0 Å². The number of carbonyl (C=O) groups is 1. The number of anilines is 1. The van der Waals surface area contributed by atoms with Crippen molar-refractivity contribution >= 4 is 27.4 Å². The van der Waals surface area contributed by atoms with Gasteiger partial charge < -0.3 is 4.90 Å². The third kappa shape index (κ3) is 2.54. The summed E-state index contributed by atoms with van der Waals surface area (Å²) in [5, 5.41) is 0. The Kier molecular flexibility index (Phi) is 3.87. The summed E-state index contributed by atoms with van der Waals surface area (Å²) in [7, 11) is 0. The van der Waals surface area contributed by atoms with Crippen LogP contribution in [0.4, 0.5) is 5.69 Å². The van der Waals surface area contributed by atoms with Gasteiger partial charge in [0.2, 0.25) is 0 Å². The second-order valence-corrected chi connectivity index (χ2v) is 5.53. The van der Waals surface area contributed by atoms with Gasteiger partial charge in [-0.25, -0.2) is 0 Å². The van der Waals surface area contributed by atoms with Crippen molar-refractivity contribution in [3.8, 4) is 0 Å². The molecule has 92 valence electrons. The van der Waals surface area contributed by atoms with Crippen molar-refractivity contribution in [3.05, 3.63) is 28.2 Å². The predicted molar refractivity (Wildman–Crippen MR) is 74.8 cm³/mol. The van der Waals surface area contributed by atoms with Gasteiger partial charge in [0.25, 0.3) is 0 Å². The van der Waals surface area contributed by atoms with Gasteiger partial charge in [0.15, 0.2) is 5.78 Å². The van der Waals surface area contributed by atoms with Crippen LogP contribution in [0, 0.1) is 0 Å². The molecule has 1 aliphatic heterocycles. The van der Waals surface area contributed by atoms with Crippen LogP contribution >= 0.6 is 15.9 Å². The lowest BCUT2D eigenvalue weighted by Gasteiger charge is -2.27. The van der Waals surface area contributed by atoms with E-state index < -0.39 is 0 Å². The van der Waals surface area contributed by atoms with Crippen LogP contribution in [-0.4, -0.2) is 18.4 Å². The molecule has 17 heavy (non-hydrogen) atoms. The first kappa shape index (κ1) is 12.6. The van der Waals surface area contributed by atoms with Gasteiger partial charge >= 0.3 is 0 Å². The van der Waals surface area contributed by atoms with E-state index in [-0.39, 0.29) is 5.78 Å². The quantitative estimate of drug-likeness (QED) is 0.785. The number of Topliss-reactive ketones (excluding diaryl/α,β-unsaturated/α-hetero) is 1. The van der Waals surface area contributed by atoms with E-state index in [1.807, 2.05) is 12.1 Å². The van der Waals surface area contributed by atoms with E-state index in [2.05, 4.69) is 33.8 Å². The summed E-state index contributed by atoms with van der Waals surface area (Å²) in [6.45, 7) is 4.93. The fraction of sp³-hybridized carbons (Fsp3) is 0.500. The molecule has 0 bridgehead atoms. The molecule has 0 amide bonds. The maximum atomic E-state index is 11.7. The Bertz CT molecular complexity index is 430. The zero-order chi connectivity index (χ0) is 12.4. The fourth-order valence-corrected chi connectivity index (χ4v) is 2.98. The Balaban J connectivity index is 2.40. The molecule has 0 spiro atoms. The average molecular weight is 296 g/mol. The van der Waals surface area contributed by atoms with Crippen molar-refractivity contribution in [1.29, 1.82) is 0 Å². The lowest BCUT2D eigenvalue weighted by molar-refractivity contribution is 0.101. The van der Waals surface area contributed by atoms with E-state index in [4.69, 9.17) is 0 Å². The summed E-state index contributed by atoms with van der Waals surface area (Å²) >= 11 is 3.43. The molecule has 0 saturated carbocycles. The Morgan fingerprint density at radius 2 is 2.29 bits per heavy atom. The minimum atomic E-state index is 0.142. The van der Waals surface area contributed by atoms with Crippen LogP contribution in [0.3, 0.4) is 0 Å². The average Bonchev–Trinajstić information content (AvgIpc) is 2.76. The third-order valence-electron chi connectivity index (χ3n) is 3.50. The van der Waals surface area contributed by atoms with E-state index in [9.17, 15) is 4.79 Å². The van der Waals surface area contributed by atoms with Gasteiger partial charge in [0.1, 0.15) is 0 Å². The Hall–Kier alpha value is -0.830. The summed E-state index contributed by atoms with van der Waals surface area (Å²) < 4.78 is 0.971. The highest BCUT2D eigenvalue weighted by molar-refractivity contribution is 9.10. The molecular weight excluding hydrogens is 278 g/mol. The number of nitrogens with zero attached hydrogens (tertiary/aromatic N) is 1. The molecule has 1 aliphatic rings. The maximum absolute atomic E-state index is 11.7. The van der Waals surface area contributed by atoms with Crippen molar-refractivity contribution in [1.82, 2.24) is 0 Å². The largest absolute Gasteiger partial charge is 0.368 e. The normalized spacial score (nSPS) is 19.7. The van der Waals surface area contributed by atoms with E-state index in [0.717, 1.165) is 28.7 Å². The summed E-state index contributed by atoms with van der Waals surface area (Å²) in [4.78, 5) is 14.1. The van der Waals surface area contributed by atoms with Crippen molar-refractivity contribution in [2.45, 2.75) is 39.2 Å². The Morgan fingerprint density at radius 3 is 2.94 bits per heavy atom. The first-order valence-electron chi connectivity index (χ1n) is 6.20. The van der Waals surface area contributed by atoms with E-state index in [1.165, 1.54) is 12.8 Å². The summed E-state index contributed by atoms with van der Waals surface area (Å²) in [5.41, 5.74) is 1.93. The molecular formula is C14H18BrNO. The molecule has 2 nitrogen and oxygen atoms in total. The SMILES string of the molecule is CCC1CCCN1c1ccc(Br)cc1C(C)=O. The third-order valence-corrected chi connectivity index (χ3v) is 3.99. The topological polar surface area (TPSA) is 20.3 Å². The van der Waals surface area contributed by atoms with Gasteiger partial charge in [0, 0.05) is 28.3 Å². The molecule has 0 radical (unpaired) electrons. The maximum Gasteiger partial charge on any atom is 0.161 e. The Morgan fingerprint density at radius 1 is 1.53 bits per heavy atom. The van der Waals surface area contributed by atoms with Crippen LogP contribution < -0.4 is 4.90 Å². The first-order chi connectivity index (χ1) is 8.13. The van der Waals surface area contributed by atoms with E-state index >= 15 is 0 Å². The minimum absolute atomic E-state index is 0.142. The number of benzene rings is 1. The molecule has 1 aromatic carbocycles. The summed E-state index contributed by atoms with van der Waals surface area (Å²) in [5.74, 6) is 0.142. The number of halogens is 1. The van der Waals surface area contributed by atoms with Crippen molar-refractivity contribution < 1.29 is 4.79 Å². The number of rotatable bonds is 3. The van der Waals surface area contributed by atoms with Gasteiger partial charge in [-0.15, -0.1) is 0 Å². The van der Waals surface area contributed by atoms with Crippen LogP contribution in [0.1, 0.15) is 43.5 Å². The van der Waals surface area contributed by atoms with Crippen molar-refractivity contribution in [2.24, 2.45) is 0 Å². The van der Waals surface area contributed by atoms with Crippen LogP contribution in [0.15, 0.2) is 22.7 Å². The van der Waals surface area contributed by atoms with Gasteiger partial charge in [-0.1, -0.05) is 22.9 Å². The highest BCUT2D eigenvalue weighted by Crippen LogP contribution is 2.32. The molecule has 1 saturated heterocycles. The monoisotopic (exact) mass is 295 g/mol. The molecule has 1 unspecified atom stereocenters. The second kappa shape index (κ2) is 5.21.